The van der Waals surface area contributed by atoms with Crippen molar-refractivity contribution in [2.24, 2.45) is 11.8 Å². The Balaban J connectivity index is 1.64. The van der Waals surface area contributed by atoms with Crippen LogP contribution < -0.4 is 5.32 Å². The summed E-state index contributed by atoms with van der Waals surface area (Å²) in [5, 5.41) is 11.6. The number of benzene rings is 1. The normalized spacial score (nSPS) is 19.5. The van der Waals surface area contributed by atoms with E-state index in [1.807, 2.05) is 24.3 Å². The maximum Gasteiger partial charge on any atom is 0.394 e. The predicted octanol–water partition coefficient (Wildman–Crippen LogP) is 3.15. The molecule has 0 bridgehead atoms. The second-order valence-electron chi connectivity index (χ2n) is 6.57. The van der Waals surface area contributed by atoms with Gasteiger partial charge in [0, 0.05) is 31.4 Å². The lowest BCUT2D eigenvalue weighted by Gasteiger charge is -2.18. The summed E-state index contributed by atoms with van der Waals surface area (Å²) in [4.78, 5) is 28.5. The zero-order valence-electron chi connectivity index (χ0n) is 14.7. The number of aromatic nitrogens is 1. The molecule has 1 aliphatic rings. The molecule has 1 fully saturated rings. The lowest BCUT2D eigenvalue weighted by molar-refractivity contribution is -0.187. The number of pyridine rings is 1. The number of rotatable bonds is 4. The fourth-order valence-corrected chi connectivity index (χ4v) is 3.22. The van der Waals surface area contributed by atoms with Gasteiger partial charge in [-0.15, -0.1) is 0 Å². The van der Waals surface area contributed by atoms with Crippen molar-refractivity contribution in [1.82, 2.24) is 15.2 Å². The van der Waals surface area contributed by atoms with Crippen molar-refractivity contribution in [2.45, 2.75) is 12.7 Å². The minimum atomic E-state index is -4.67. The van der Waals surface area contributed by atoms with Crippen LogP contribution in [0.15, 0.2) is 48.7 Å². The maximum absolute atomic E-state index is 13.0. The topological polar surface area (TPSA) is 82.5 Å². The summed E-state index contributed by atoms with van der Waals surface area (Å²) in [7, 11) is 0. The first kappa shape index (κ1) is 19.7. The average Bonchev–Trinajstić information content (AvgIpc) is 3.13. The molecule has 0 saturated carbocycles. The van der Waals surface area contributed by atoms with Gasteiger partial charge in [0.15, 0.2) is 0 Å². The van der Waals surface area contributed by atoms with Gasteiger partial charge in [0.05, 0.1) is 17.5 Å². The Morgan fingerprint density at radius 2 is 1.96 bits per heavy atom. The van der Waals surface area contributed by atoms with Crippen LogP contribution in [0, 0.1) is 11.8 Å². The fraction of sp³-hybridized carbons (Fsp3) is 0.316. The summed E-state index contributed by atoms with van der Waals surface area (Å²) in [5.74, 6) is -5.28. The molecule has 2 N–H and O–H groups in total. The molecule has 3 rings (SSSR count). The molecule has 1 aliphatic heterocycles. The Labute approximate surface area is 159 Å². The molecule has 2 heterocycles. The van der Waals surface area contributed by atoms with E-state index in [0.29, 0.717) is 0 Å². The monoisotopic (exact) mass is 393 g/mol. The molecule has 2 amide bonds. The van der Waals surface area contributed by atoms with Crippen LogP contribution in [0.4, 0.5) is 18.0 Å². The molecule has 0 unspecified atom stereocenters. The predicted molar refractivity (Wildman–Crippen MR) is 94.2 cm³/mol. The van der Waals surface area contributed by atoms with E-state index >= 15 is 0 Å². The number of halogens is 3. The zero-order valence-corrected chi connectivity index (χ0v) is 14.7. The molecule has 0 spiro atoms. The molecule has 0 aliphatic carbocycles. The third kappa shape index (κ3) is 4.41. The molecule has 2 aromatic rings. The second-order valence-corrected chi connectivity index (χ2v) is 6.57. The van der Waals surface area contributed by atoms with Crippen LogP contribution in [0.3, 0.4) is 0 Å². The van der Waals surface area contributed by atoms with Crippen molar-refractivity contribution in [1.29, 1.82) is 0 Å². The number of nitrogens with zero attached hydrogens (tertiary/aromatic N) is 2. The second kappa shape index (κ2) is 7.87. The van der Waals surface area contributed by atoms with Gasteiger partial charge in [0.2, 0.25) is 0 Å². The summed E-state index contributed by atoms with van der Waals surface area (Å²) in [6.45, 7) is -1.04. The lowest BCUT2D eigenvalue weighted by atomic mass is 9.96. The van der Waals surface area contributed by atoms with Crippen molar-refractivity contribution in [3.63, 3.8) is 0 Å². The van der Waals surface area contributed by atoms with Crippen molar-refractivity contribution >= 4 is 12.0 Å². The number of hydrogen-bond acceptors (Lipinski definition) is 3. The van der Waals surface area contributed by atoms with Gasteiger partial charge >= 0.3 is 18.2 Å². The molecule has 1 aromatic carbocycles. The standard InChI is InChI=1S/C19H18F3N3O3/c20-19(21,22)15-11-25(10-14(15)17(26)27)18(28)24-9-12-4-3-5-13(8-12)16-6-1-2-7-23-16/h1-8,14-15H,9-11H2,(H,24,28)(H,26,27)/t14-,15-/m1/s1. The van der Waals surface area contributed by atoms with Crippen molar-refractivity contribution < 1.29 is 27.9 Å². The number of carboxylic acids is 1. The first-order valence-electron chi connectivity index (χ1n) is 8.58. The molecular formula is C19H18F3N3O3. The smallest absolute Gasteiger partial charge is 0.394 e. The van der Waals surface area contributed by atoms with Gasteiger partial charge in [-0.1, -0.05) is 24.3 Å². The molecule has 2 atom stereocenters. The largest absolute Gasteiger partial charge is 0.481 e. The lowest BCUT2D eigenvalue weighted by Crippen LogP contribution is -2.39. The summed E-state index contributed by atoms with van der Waals surface area (Å²) in [5.41, 5.74) is 2.35. The Bertz CT molecular complexity index is 858. The van der Waals surface area contributed by atoms with Gasteiger partial charge in [-0.3, -0.25) is 9.78 Å². The minimum absolute atomic E-state index is 0.102. The highest BCUT2D eigenvalue weighted by atomic mass is 19.4. The summed E-state index contributed by atoms with van der Waals surface area (Å²) < 4.78 is 39.1. The van der Waals surface area contributed by atoms with Crippen LogP contribution in [0.1, 0.15) is 5.56 Å². The van der Waals surface area contributed by atoms with Gasteiger partial charge in [-0.2, -0.15) is 13.2 Å². The number of nitrogens with one attached hydrogen (secondary N) is 1. The number of hydrogen-bond donors (Lipinski definition) is 2. The van der Waals surface area contributed by atoms with Gasteiger partial charge in [-0.25, -0.2) is 4.79 Å². The van der Waals surface area contributed by atoms with Gasteiger partial charge in [0.25, 0.3) is 0 Å². The third-order valence-electron chi connectivity index (χ3n) is 4.68. The number of carboxylic acid groups (broad SMARTS) is 1. The maximum atomic E-state index is 13.0. The van der Waals surface area contributed by atoms with E-state index < -0.39 is 43.1 Å². The SMILES string of the molecule is O=C(O)[C@@H]1CN(C(=O)NCc2cccc(-c3ccccn3)c2)C[C@H]1C(F)(F)F. The van der Waals surface area contributed by atoms with Crippen molar-refractivity contribution in [2.75, 3.05) is 13.1 Å². The quantitative estimate of drug-likeness (QED) is 0.836. The molecule has 9 heteroatoms. The molecule has 1 saturated heterocycles. The van der Waals surface area contributed by atoms with E-state index in [-0.39, 0.29) is 6.54 Å². The number of amides is 2. The van der Waals surface area contributed by atoms with Gasteiger partial charge in [0.1, 0.15) is 0 Å². The molecule has 1 aromatic heterocycles. The molecule has 6 nitrogen and oxygen atoms in total. The van der Waals surface area contributed by atoms with E-state index in [2.05, 4.69) is 10.3 Å². The highest BCUT2D eigenvalue weighted by molar-refractivity contribution is 5.77. The van der Waals surface area contributed by atoms with Crippen LogP contribution in [-0.4, -0.2) is 46.3 Å². The Morgan fingerprint density at radius 3 is 2.57 bits per heavy atom. The van der Waals surface area contributed by atoms with Crippen LogP contribution in [-0.2, 0) is 11.3 Å². The van der Waals surface area contributed by atoms with E-state index in [9.17, 15) is 22.8 Å². The average molecular weight is 393 g/mol. The number of aliphatic carboxylic acids is 1. The Hall–Kier alpha value is -3.10. The van der Waals surface area contributed by atoms with Crippen LogP contribution in [0.25, 0.3) is 11.3 Å². The van der Waals surface area contributed by atoms with Crippen molar-refractivity contribution in [3.8, 4) is 11.3 Å². The first-order valence-corrected chi connectivity index (χ1v) is 8.58. The highest BCUT2D eigenvalue weighted by Crippen LogP contribution is 2.37. The van der Waals surface area contributed by atoms with Crippen LogP contribution in [0.2, 0.25) is 0 Å². The van der Waals surface area contributed by atoms with E-state index in [4.69, 9.17) is 5.11 Å². The number of alkyl halides is 3. The summed E-state index contributed by atoms with van der Waals surface area (Å²) >= 11 is 0. The zero-order chi connectivity index (χ0) is 20.3. The van der Waals surface area contributed by atoms with E-state index in [0.717, 1.165) is 21.7 Å². The molecular weight excluding hydrogens is 375 g/mol. The van der Waals surface area contributed by atoms with Gasteiger partial charge in [-0.05, 0) is 23.8 Å². The Morgan fingerprint density at radius 1 is 1.18 bits per heavy atom. The van der Waals surface area contributed by atoms with Gasteiger partial charge < -0.3 is 15.3 Å². The first-order chi connectivity index (χ1) is 13.3. The number of likely N-dealkylation sites (tertiary alicyclic amines) is 1. The molecule has 28 heavy (non-hydrogen) atoms. The molecule has 0 radical (unpaired) electrons. The minimum Gasteiger partial charge on any atom is -0.481 e. The molecule has 148 valence electrons. The number of carbonyl (C=O) groups excluding carboxylic acids is 1. The number of carbonyl (C=O) groups is 2. The Kier molecular flexibility index (Phi) is 5.53. The van der Waals surface area contributed by atoms with Crippen LogP contribution in [0.5, 0.6) is 0 Å². The van der Waals surface area contributed by atoms with E-state index in [1.165, 1.54) is 0 Å². The van der Waals surface area contributed by atoms with Crippen LogP contribution >= 0.6 is 0 Å². The van der Waals surface area contributed by atoms with E-state index in [1.54, 1.807) is 24.4 Å². The highest BCUT2D eigenvalue weighted by Gasteiger charge is 2.53. The third-order valence-corrected chi connectivity index (χ3v) is 4.68. The fourth-order valence-electron chi connectivity index (χ4n) is 3.22. The summed E-state index contributed by atoms with van der Waals surface area (Å²) in [6.07, 6.45) is -3.01. The van der Waals surface area contributed by atoms with Crippen molar-refractivity contribution in [3.05, 3.63) is 54.2 Å². The number of urea groups is 1. The summed E-state index contributed by atoms with van der Waals surface area (Å²) in [6, 6.07) is 12.0.